The van der Waals surface area contributed by atoms with Crippen LogP contribution in [0, 0.1) is 0 Å². The lowest BCUT2D eigenvalue weighted by Crippen LogP contribution is -2.40. The van der Waals surface area contributed by atoms with Gasteiger partial charge in [0.1, 0.15) is 0 Å². The monoisotopic (exact) mass is 634 g/mol. The van der Waals surface area contributed by atoms with Gasteiger partial charge in [-0.3, -0.25) is 19.2 Å². The zero-order valence-corrected chi connectivity index (χ0v) is 26.2. The fraction of sp³-hybridized carbons (Fsp3) is 0.0526. The maximum absolute atomic E-state index is 13.9. The lowest BCUT2D eigenvalue weighted by Gasteiger charge is -2.30. The summed E-state index contributed by atoms with van der Waals surface area (Å²) in [6, 6.07) is 29.7. The Morgan fingerprint density at radius 1 is 0.370 bits per heavy atom. The normalized spacial score (nSPS) is 14.6. The number of anilines is 2. The Hall–Kier alpha value is -5.18. The van der Waals surface area contributed by atoms with Crippen molar-refractivity contribution in [3.8, 4) is 0 Å². The summed E-state index contributed by atoms with van der Waals surface area (Å²) in [6.45, 7) is 0. The van der Waals surface area contributed by atoms with E-state index in [-0.39, 0.29) is 23.6 Å². The molecule has 7 aromatic carbocycles. The Morgan fingerprint density at radius 2 is 0.652 bits per heavy atom. The van der Waals surface area contributed by atoms with Gasteiger partial charge in [0, 0.05) is 42.8 Å². The van der Waals surface area contributed by atoms with Crippen molar-refractivity contribution in [1.29, 1.82) is 0 Å². The third-order valence-corrected chi connectivity index (χ3v) is 10.8. The van der Waals surface area contributed by atoms with Crippen molar-refractivity contribution in [2.75, 3.05) is 22.3 Å². The highest BCUT2D eigenvalue weighted by atomic mass is 32.2. The van der Waals surface area contributed by atoms with Gasteiger partial charge in [-0.2, -0.15) is 0 Å². The average molecular weight is 635 g/mol. The number of thioether (sulfide) groups is 2. The van der Waals surface area contributed by atoms with Gasteiger partial charge in [-0.1, -0.05) is 24.3 Å². The first-order valence-corrected chi connectivity index (χ1v) is 17.1. The average Bonchev–Trinajstić information content (AvgIpc) is 3.09. The zero-order chi connectivity index (χ0) is 31.4. The maximum Gasteiger partial charge on any atom is 0.265 e. The topological polar surface area (TPSA) is 74.8 Å². The van der Waals surface area contributed by atoms with Crippen LogP contribution in [-0.4, -0.2) is 36.1 Å². The van der Waals surface area contributed by atoms with Crippen molar-refractivity contribution in [3.63, 3.8) is 0 Å². The number of imide groups is 2. The third-order valence-electron chi connectivity index (χ3n) is 9.30. The van der Waals surface area contributed by atoms with Crippen molar-refractivity contribution < 1.29 is 19.2 Å². The molecule has 0 radical (unpaired) electrons. The third kappa shape index (κ3) is 3.45. The number of rotatable bonds is 4. The van der Waals surface area contributed by atoms with Gasteiger partial charge in [0.2, 0.25) is 0 Å². The smallest absolute Gasteiger partial charge is 0.265 e. The van der Waals surface area contributed by atoms with Gasteiger partial charge < -0.3 is 0 Å². The molecule has 0 spiro atoms. The highest BCUT2D eigenvalue weighted by Crippen LogP contribution is 2.47. The van der Waals surface area contributed by atoms with E-state index in [0.29, 0.717) is 44.4 Å². The van der Waals surface area contributed by atoms with Crippen LogP contribution >= 0.6 is 23.5 Å². The summed E-state index contributed by atoms with van der Waals surface area (Å²) >= 11 is 3.19. The van der Waals surface area contributed by atoms with Crippen molar-refractivity contribution in [3.05, 3.63) is 119 Å². The molecular formula is C38H22N2O4S2. The number of benzene rings is 7. The molecule has 0 fully saturated rings. The maximum atomic E-state index is 13.9. The Morgan fingerprint density at radius 3 is 0.913 bits per heavy atom. The van der Waals surface area contributed by atoms with Gasteiger partial charge in [0.15, 0.2) is 0 Å². The number of carbonyl (C=O) groups excluding carboxylic acids is 4. The first kappa shape index (κ1) is 27.2. The quantitative estimate of drug-likeness (QED) is 0.0834. The van der Waals surface area contributed by atoms with Gasteiger partial charge in [-0.05, 0) is 118 Å². The van der Waals surface area contributed by atoms with Crippen molar-refractivity contribution in [1.82, 2.24) is 0 Å². The molecule has 0 unspecified atom stereocenters. The van der Waals surface area contributed by atoms with E-state index in [0.717, 1.165) is 42.1 Å². The first-order chi connectivity index (χ1) is 22.4. The number of hydrogen-bond acceptors (Lipinski definition) is 6. The van der Waals surface area contributed by atoms with Crippen LogP contribution in [0.3, 0.4) is 0 Å². The molecule has 220 valence electrons. The predicted molar refractivity (Wildman–Crippen MR) is 186 cm³/mol. The van der Waals surface area contributed by atoms with E-state index in [4.69, 9.17) is 0 Å². The molecule has 0 N–H and O–H groups in total. The van der Waals surface area contributed by atoms with Gasteiger partial charge in [-0.15, -0.1) is 23.5 Å². The van der Waals surface area contributed by atoms with Crippen LogP contribution in [0.15, 0.2) is 107 Å². The second-order valence-electron chi connectivity index (χ2n) is 11.4. The molecule has 46 heavy (non-hydrogen) atoms. The van der Waals surface area contributed by atoms with E-state index in [1.165, 1.54) is 9.80 Å². The SMILES string of the molecule is CSc1ccc(N2C(=O)c3ccc4c5ccc6c7c(ccc(c8ccc(c3c48)C2=O)c75)C(=O)N(c2ccc(SC)cc2)C6=O)cc1. The van der Waals surface area contributed by atoms with Crippen LogP contribution < -0.4 is 9.80 Å². The standard InChI is InChI=1S/C38H22N2O4S2/c1-45-21-7-3-19(4-8-21)39-35(41)27-15-11-23-25-13-17-29-34-30(38(44)40(37(29)43)20-5-9-22(46-2)10-6-20)18-14-26(32(25)34)24-12-16-28(36(39)42)33(27)31(23)24/h3-18H,1-2H3. The number of nitrogens with zero attached hydrogens (tertiary/aromatic N) is 2. The molecule has 0 saturated carbocycles. The number of amides is 4. The van der Waals surface area contributed by atoms with Gasteiger partial charge in [-0.25, -0.2) is 9.80 Å². The second-order valence-corrected chi connectivity index (χ2v) is 13.2. The number of hydrogen-bond donors (Lipinski definition) is 0. The van der Waals surface area contributed by atoms with Gasteiger partial charge in [0.25, 0.3) is 23.6 Å². The van der Waals surface area contributed by atoms with Gasteiger partial charge in [0.05, 0.1) is 11.4 Å². The lowest BCUT2D eigenvalue weighted by molar-refractivity contribution is 0.0877. The second kappa shape index (κ2) is 9.66. The summed E-state index contributed by atoms with van der Waals surface area (Å²) in [5.41, 5.74) is 2.91. The summed E-state index contributed by atoms with van der Waals surface area (Å²) in [4.78, 5) is 60.4. The molecule has 7 aromatic rings. The Labute approximate surface area is 271 Å². The van der Waals surface area contributed by atoms with E-state index in [1.54, 1.807) is 72.1 Å². The van der Waals surface area contributed by atoms with Crippen molar-refractivity contribution in [2.24, 2.45) is 0 Å². The molecule has 0 aliphatic carbocycles. The predicted octanol–water partition coefficient (Wildman–Crippen LogP) is 8.78. The molecule has 8 heteroatoms. The van der Waals surface area contributed by atoms with Crippen LogP contribution in [0.1, 0.15) is 41.4 Å². The molecule has 0 bridgehead atoms. The molecule has 2 aliphatic heterocycles. The molecule has 0 saturated heterocycles. The molecule has 2 heterocycles. The van der Waals surface area contributed by atoms with E-state index in [1.807, 2.05) is 61.0 Å². The Bertz CT molecular complexity index is 2230. The van der Waals surface area contributed by atoms with Crippen LogP contribution in [0.4, 0.5) is 11.4 Å². The molecular weight excluding hydrogens is 613 g/mol. The van der Waals surface area contributed by atoms with E-state index >= 15 is 0 Å². The Balaban J connectivity index is 1.27. The number of carbonyl (C=O) groups is 4. The summed E-state index contributed by atoms with van der Waals surface area (Å²) in [5.74, 6) is -1.46. The summed E-state index contributed by atoms with van der Waals surface area (Å²) in [6.07, 6.45) is 3.95. The fourth-order valence-electron chi connectivity index (χ4n) is 7.20. The van der Waals surface area contributed by atoms with Crippen molar-refractivity contribution >= 4 is 102 Å². The van der Waals surface area contributed by atoms with E-state index < -0.39 is 0 Å². The summed E-state index contributed by atoms with van der Waals surface area (Å²) < 4.78 is 0. The zero-order valence-electron chi connectivity index (χ0n) is 24.6. The lowest BCUT2D eigenvalue weighted by atomic mass is 9.82. The minimum atomic E-state index is -0.365. The first-order valence-electron chi connectivity index (χ1n) is 14.7. The summed E-state index contributed by atoms with van der Waals surface area (Å²) in [7, 11) is 0. The van der Waals surface area contributed by atoms with Crippen LogP contribution in [0.5, 0.6) is 0 Å². The van der Waals surface area contributed by atoms with Crippen LogP contribution in [0.25, 0.3) is 43.1 Å². The van der Waals surface area contributed by atoms with Crippen LogP contribution in [-0.2, 0) is 0 Å². The fourth-order valence-corrected chi connectivity index (χ4v) is 8.02. The van der Waals surface area contributed by atoms with E-state index in [2.05, 4.69) is 0 Å². The highest BCUT2D eigenvalue weighted by molar-refractivity contribution is 7.98. The molecule has 2 aliphatic rings. The van der Waals surface area contributed by atoms with Crippen LogP contribution in [0.2, 0.25) is 0 Å². The minimum absolute atomic E-state index is 0.365. The van der Waals surface area contributed by atoms with Gasteiger partial charge >= 0.3 is 0 Å². The molecule has 0 atom stereocenters. The Kier molecular flexibility index (Phi) is 5.70. The van der Waals surface area contributed by atoms with Crippen molar-refractivity contribution in [2.45, 2.75) is 9.79 Å². The summed E-state index contributed by atoms with van der Waals surface area (Å²) in [5, 5.41) is 6.36. The molecule has 9 rings (SSSR count). The molecule has 6 nitrogen and oxygen atoms in total. The number of fused-ring (bicyclic) bond motifs is 2. The molecule has 4 amide bonds. The minimum Gasteiger partial charge on any atom is -0.268 e. The largest absolute Gasteiger partial charge is 0.268 e. The highest BCUT2D eigenvalue weighted by Gasteiger charge is 2.37. The molecule has 0 aromatic heterocycles. The van der Waals surface area contributed by atoms with E-state index in [9.17, 15) is 19.2 Å².